The molecule has 1 N–H and O–H groups in total. The van der Waals surface area contributed by atoms with Gasteiger partial charge in [0.1, 0.15) is 11.6 Å². The third-order valence-electron chi connectivity index (χ3n) is 4.14. The van der Waals surface area contributed by atoms with Gasteiger partial charge in [0.2, 0.25) is 0 Å². The molecular weight excluding hydrogens is 311 g/mol. The number of aliphatic hydroxyl groups is 1. The summed E-state index contributed by atoms with van der Waals surface area (Å²) in [4.78, 5) is 16.4. The van der Waals surface area contributed by atoms with Gasteiger partial charge in [-0.3, -0.25) is 9.69 Å². The van der Waals surface area contributed by atoms with E-state index in [-0.39, 0.29) is 23.6 Å². The van der Waals surface area contributed by atoms with Gasteiger partial charge in [0.15, 0.2) is 5.76 Å². The molecule has 1 atom stereocenters. The van der Waals surface area contributed by atoms with Gasteiger partial charge in [0.25, 0.3) is 5.91 Å². The minimum Gasteiger partial charge on any atom is -0.451 e. The monoisotopic (exact) mass is 332 g/mol. The van der Waals surface area contributed by atoms with Crippen LogP contribution in [0.1, 0.15) is 17.5 Å². The predicted molar refractivity (Wildman–Crippen MR) is 88.1 cm³/mol. The average molecular weight is 332 g/mol. The third kappa shape index (κ3) is 3.66. The van der Waals surface area contributed by atoms with Gasteiger partial charge in [-0.05, 0) is 31.2 Å². The maximum Gasteiger partial charge on any atom is 0.289 e. The molecule has 0 bridgehead atoms. The minimum absolute atomic E-state index is 0.186. The lowest BCUT2D eigenvalue weighted by Crippen LogP contribution is -2.50. The highest BCUT2D eigenvalue weighted by atomic mass is 19.1. The zero-order valence-electron chi connectivity index (χ0n) is 13.6. The van der Waals surface area contributed by atoms with E-state index in [4.69, 9.17) is 4.42 Å². The number of nitrogens with zero attached hydrogens (tertiary/aromatic N) is 2. The van der Waals surface area contributed by atoms with E-state index in [0.717, 1.165) is 13.1 Å². The Kier molecular flexibility index (Phi) is 4.97. The Hall–Kier alpha value is -2.18. The van der Waals surface area contributed by atoms with Crippen LogP contribution < -0.4 is 0 Å². The minimum atomic E-state index is -0.377. The molecule has 1 amide bonds. The zero-order valence-corrected chi connectivity index (χ0v) is 13.6. The van der Waals surface area contributed by atoms with Crippen LogP contribution in [0.3, 0.4) is 0 Å². The summed E-state index contributed by atoms with van der Waals surface area (Å²) in [5.74, 6) is 0.00768. The number of piperazine rings is 1. The highest BCUT2D eigenvalue weighted by Gasteiger charge is 2.25. The van der Waals surface area contributed by atoms with Crippen molar-refractivity contribution in [2.75, 3.05) is 32.7 Å². The number of furan rings is 1. The van der Waals surface area contributed by atoms with E-state index in [2.05, 4.69) is 4.90 Å². The molecule has 0 aliphatic carbocycles. The maximum atomic E-state index is 13.8. The Morgan fingerprint density at radius 1 is 1.21 bits per heavy atom. The molecule has 5 nitrogen and oxygen atoms in total. The Morgan fingerprint density at radius 3 is 2.58 bits per heavy atom. The fraction of sp³-hybridized carbons (Fsp3) is 0.389. The van der Waals surface area contributed by atoms with Crippen molar-refractivity contribution in [1.29, 1.82) is 0 Å². The topological polar surface area (TPSA) is 56.9 Å². The predicted octanol–water partition coefficient (Wildman–Crippen LogP) is 2.22. The van der Waals surface area contributed by atoms with Crippen molar-refractivity contribution in [3.05, 3.63) is 48.0 Å². The number of aliphatic hydroxyl groups excluding tert-OH is 1. The molecule has 0 unspecified atom stereocenters. The molecule has 1 fully saturated rings. The van der Waals surface area contributed by atoms with Crippen LogP contribution in [0, 0.1) is 5.82 Å². The number of amides is 1. The van der Waals surface area contributed by atoms with Gasteiger partial charge < -0.3 is 14.4 Å². The fourth-order valence-electron chi connectivity index (χ4n) is 2.92. The van der Waals surface area contributed by atoms with Crippen LogP contribution in [0.5, 0.6) is 0 Å². The molecule has 1 aromatic carbocycles. The van der Waals surface area contributed by atoms with E-state index in [1.165, 1.54) is 6.07 Å². The van der Waals surface area contributed by atoms with Crippen LogP contribution in [0.4, 0.5) is 4.39 Å². The fourth-order valence-corrected chi connectivity index (χ4v) is 2.92. The van der Waals surface area contributed by atoms with Gasteiger partial charge in [-0.1, -0.05) is 12.1 Å². The van der Waals surface area contributed by atoms with Crippen LogP contribution in [-0.2, 0) is 0 Å². The van der Waals surface area contributed by atoms with E-state index in [1.807, 2.05) is 0 Å². The summed E-state index contributed by atoms with van der Waals surface area (Å²) in [5, 5.41) is 9.42. The van der Waals surface area contributed by atoms with Gasteiger partial charge in [0, 0.05) is 32.7 Å². The molecule has 128 valence electrons. The second kappa shape index (κ2) is 7.15. The van der Waals surface area contributed by atoms with Gasteiger partial charge in [-0.25, -0.2) is 4.39 Å². The molecule has 1 aromatic heterocycles. The first-order chi connectivity index (χ1) is 11.5. The normalized spacial score (nSPS) is 17.0. The number of rotatable bonds is 4. The van der Waals surface area contributed by atoms with E-state index < -0.39 is 0 Å². The summed E-state index contributed by atoms with van der Waals surface area (Å²) in [6.07, 6.45) is -0.374. The molecule has 0 saturated carbocycles. The first-order valence-electron chi connectivity index (χ1n) is 8.09. The quantitative estimate of drug-likeness (QED) is 0.933. The summed E-state index contributed by atoms with van der Waals surface area (Å²) in [6, 6.07) is 9.53. The van der Waals surface area contributed by atoms with Crippen LogP contribution in [0.2, 0.25) is 0 Å². The molecule has 0 radical (unpaired) electrons. The molecule has 24 heavy (non-hydrogen) atoms. The van der Waals surface area contributed by atoms with E-state index in [0.29, 0.717) is 31.0 Å². The second-order valence-electron chi connectivity index (χ2n) is 6.09. The molecule has 0 spiro atoms. The summed E-state index contributed by atoms with van der Waals surface area (Å²) in [7, 11) is 0. The van der Waals surface area contributed by atoms with Crippen molar-refractivity contribution in [3.63, 3.8) is 0 Å². The van der Waals surface area contributed by atoms with Crippen molar-refractivity contribution >= 4 is 5.91 Å². The van der Waals surface area contributed by atoms with E-state index in [1.54, 1.807) is 42.2 Å². The van der Waals surface area contributed by atoms with E-state index >= 15 is 0 Å². The van der Waals surface area contributed by atoms with Crippen LogP contribution in [0.15, 0.2) is 40.8 Å². The smallest absolute Gasteiger partial charge is 0.289 e. The number of hydrogen-bond donors (Lipinski definition) is 1. The van der Waals surface area contributed by atoms with Crippen molar-refractivity contribution in [3.8, 4) is 11.3 Å². The number of hydrogen-bond acceptors (Lipinski definition) is 4. The second-order valence-corrected chi connectivity index (χ2v) is 6.09. The van der Waals surface area contributed by atoms with E-state index in [9.17, 15) is 14.3 Å². The number of carbonyl (C=O) groups is 1. The molecule has 3 rings (SSSR count). The summed E-state index contributed by atoms with van der Waals surface area (Å²) in [6.45, 7) is 4.97. The van der Waals surface area contributed by atoms with Crippen molar-refractivity contribution < 1.29 is 18.7 Å². The Bertz CT molecular complexity index is 706. The summed E-state index contributed by atoms with van der Waals surface area (Å²) < 4.78 is 19.4. The third-order valence-corrected chi connectivity index (χ3v) is 4.14. The molecule has 6 heteroatoms. The first-order valence-corrected chi connectivity index (χ1v) is 8.09. The lowest BCUT2D eigenvalue weighted by molar-refractivity contribution is 0.0529. The number of halogens is 1. The highest BCUT2D eigenvalue weighted by molar-refractivity contribution is 5.92. The average Bonchev–Trinajstić information content (AvgIpc) is 3.04. The standard InChI is InChI=1S/C18H21FN2O3/c1-13(22)12-20-8-10-21(11-9-20)18(23)17-7-6-16(24-17)14-4-2-3-5-15(14)19/h2-7,13,22H,8-12H2,1H3/t13-/m1/s1. The highest BCUT2D eigenvalue weighted by Crippen LogP contribution is 2.25. The molecule has 1 aliphatic heterocycles. The molecule has 2 aromatic rings. The van der Waals surface area contributed by atoms with Gasteiger partial charge in [-0.15, -0.1) is 0 Å². The van der Waals surface area contributed by atoms with Gasteiger partial charge in [-0.2, -0.15) is 0 Å². The van der Waals surface area contributed by atoms with Crippen molar-refractivity contribution in [2.45, 2.75) is 13.0 Å². The van der Waals surface area contributed by atoms with Crippen LogP contribution in [0.25, 0.3) is 11.3 Å². The lowest BCUT2D eigenvalue weighted by Gasteiger charge is -2.34. The molecular formula is C18H21FN2O3. The Morgan fingerprint density at radius 2 is 1.92 bits per heavy atom. The maximum absolute atomic E-state index is 13.8. The van der Waals surface area contributed by atoms with Crippen LogP contribution >= 0.6 is 0 Å². The van der Waals surface area contributed by atoms with Crippen molar-refractivity contribution in [1.82, 2.24) is 9.80 Å². The Labute approximate surface area is 140 Å². The lowest BCUT2D eigenvalue weighted by atomic mass is 10.1. The summed E-state index contributed by atoms with van der Waals surface area (Å²) >= 11 is 0. The molecule has 1 saturated heterocycles. The van der Waals surface area contributed by atoms with Crippen molar-refractivity contribution in [2.24, 2.45) is 0 Å². The molecule has 1 aliphatic rings. The van der Waals surface area contributed by atoms with Gasteiger partial charge >= 0.3 is 0 Å². The number of carbonyl (C=O) groups excluding carboxylic acids is 1. The van der Waals surface area contributed by atoms with Gasteiger partial charge in [0.05, 0.1) is 11.7 Å². The van der Waals surface area contributed by atoms with Crippen LogP contribution in [-0.4, -0.2) is 59.6 Å². The number of benzene rings is 1. The SMILES string of the molecule is C[C@@H](O)CN1CCN(C(=O)c2ccc(-c3ccccc3F)o2)CC1. The zero-order chi connectivity index (χ0) is 17.1. The first kappa shape index (κ1) is 16.7. The largest absolute Gasteiger partial charge is 0.451 e. The number of β-amino-alcohol motifs (C(OH)–C–C–N with tert-alkyl or cyclic N) is 1. The summed E-state index contributed by atoms with van der Waals surface area (Å²) in [5.41, 5.74) is 0.346. The Balaban J connectivity index is 1.66. The molecule has 2 heterocycles.